The van der Waals surface area contributed by atoms with Gasteiger partial charge in [0.25, 0.3) is 10.0 Å². The van der Waals surface area contributed by atoms with Gasteiger partial charge in [-0.3, -0.25) is 0 Å². The first-order valence-corrected chi connectivity index (χ1v) is 11.8. The fourth-order valence-electron chi connectivity index (χ4n) is 3.54. The second-order valence-electron chi connectivity index (χ2n) is 6.95. The first kappa shape index (κ1) is 20.4. The van der Waals surface area contributed by atoms with Gasteiger partial charge < -0.3 is 9.47 Å². The van der Waals surface area contributed by atoms with E-state index in [9.17, 15) is 8.42 Å². The molecular weight excluding hydrogens is 420 g/mol. The zero-order valence-corrected chi connectivity index (χ0v) is 18.5. The van der Waals surface area contributed by atoms with Gasteiger partial charge in [-0.1, -0.05) is 29.8 Å². The summed E-state index contributed by atoms with van der Waals surface area (Å²) >= 11 is 1.55. The van der Waals surface area contributed by atoms with Gasteiger partial charge in [-0.15, -0.1) is 0 Å². The summed E-state index contributed by atoms with van der Waals surface area (Å²) in [5, 5.41) is 8.49. The van der Waals surface area contributed by atoms with Crippen LogP contribution < -0.4 is 9.47 Å². The van der Waals surface area contributed by atoms with Crippen molar-refractivity contribution in [2.45, 2.75) is 24.3 Å². The number of hydrogen-bond donors (Lipinski definition) is 0. The monoisotopic (exact) mass is 442 g/mol. The normalized spacial score (nSPS) is 16.4. The van der Waals surface area contributed by atoms with Crippen LogP contribution in [0.2, 0.25) is 0 Å². The van der Waals surface area contributed by atoms with Gasteiger partial charge in [0, 0.05) is 17.5 Å². The van der Waals surface area contributed by atoms with Crippen LogP contribution in [0.15, 0.2) is 69.3 Å². The number of ether oxygens (including phenoxy) is 2. The van der Waals surface area contributed by atoms with E-state index < -0.39 is 16.1 Å². The molecule has 156 valence electrons. The molecule has 0 aliphatic carbocycles. The number of hydrogen-bond acceptors (Lipinski definition) is 6. The van der Waals surface area contributed by atoms with Crippen LogP contribution in [0.4, 0.5) is 0 Å². The lowest BCUT2D eigenvalue weighted by atomic mass is 9.99. The number of benzene rings is 2. The van der Waals surface area contributed by atoms with Crippen molar-refractivity contribution in [3.05, 3.63) is 76.0 Å². The summed E-state index contributed by atoms with van der Waals surface area (Å²) in [4.78, 5) is 0.204. The molecular formula is C22H22N2O4S2. The quantitative estimate of drug-likeness (QED) is 0.559. The molecule has 1 aliphatic rings. The van der Waals surface area contributed by atoms with Crippen LogP contribution in [-0.2, 0) is 10.0 Å². The van der Waals surface area contributed by atoms with E-state index in [1.54, 1.807) is 55.9 Å². The number of hydrazone groups is 1. The van der Waals surface area contributed by atoms with E-state index in [0.717, 1.165) is 16.8 Å². The van der Waals surface area contributed by atoms with Crippen LogP contribution in [0.5, 0.6) is 11.5 Å². The molecule has 0 saturated heterocycles. The molecule has 0 amide bonds. The third-order valence-corrected chi connectivity index (χ3v) is 7.46. The lowest BCUT2D eigenvalue weighted by molar-refractivity contribution is 0.328. The Labute approximate surface area is 180 Å². The molecule has 1 aliphatic heterocycles. The predicted molar refractivity (Wildman–Crippen MR) is 118 cm³/mol. The Morgan fingerprint density at radius 1 is 1.07 bits per heavy atom. The molecule has 6 nitrogen and oxygen atoms in total. The van der Waals surface area contributed by atoms with Gasteiger partial charge in [0.2, 0.25) is 0 Å². The third-order valence-electron chi connectivity index (χ3n) is 5.08. The molecule has 0 bridgehead atoms. The number of methoxy groups -OCH3 is 2. The molecule has 0 radical (unpaired) electrons. The highest BCUT2D eigenvalue weighted by Crippen LogP contribution is 2.43. The SMILES string of the molecule is COc1cccc(C2CC(c3ccsc3)=NN2S(=O)(=O)c2ccc(C)cc2)c1OC. The molecule has 3 aromatic rings. The average Bonchev–Trinajstić information content (AvgIpc) is 3.43. The van der Waals surface area contributed by atoms with Crippen molar-refractivity contribution in [1.29, 1.82) is 0 Å². The van der Waals surface area contributed by atoms with E-state index in [2.05, 4.69) is 5.10 Å². The largest absolute Gasteiger partial charge is 0.493 e. The highest BCUT2D eigenvalue weighted by atomic mass is 32.2. The maximum atomic E-state index is 13.5. The fraction of sp³-hybridized carbons (Fsp3) is 0.227. The van der Waals surface area contributed by atoms with Crippen LogP contribution in [0, 0.1) is 6.92 Å². The predicted octanol–water partition coefficient (Wildman–Crippen LogP) is 4.61. The molecule has 1 unspecified atom stereocenters. The zero-order chi connectivity index (χ0) is 21.3. The molecule has 2 heterocycles. The highest BCUT2D eigenvalue weighted by molar-refractivity contribution is 7.89. The van der Waals surface area contributed by atoms with E-state index in [4.69, 9.17) is 9.47 Å². The van der Waals surface area contributed by atoms with E-state index in [0.29, 0.717) is 23.5 Å². The molecule has 8 heteroatoms. The van der Waals surface area contributed by atoms with Crippen LogP contribution in [-0.4, -0.2) is 32.8 Å². The Kier molecular flexibility index (Phi) is 5.53. The standard InChI is InChI=1S/C22H22N2O4S2/c1-15-7-9-17(10-8-15)30(25,26)24-20(13-19(23-24)16-11-12-29-14-16)18-5-4-6-21(27-2)22(18)28-3/h4-12,14,20H,13H2,1-3H3. The maximum absolute atomic E-state index is 13.5. The lowest BCUT2D eigenvalue weighted by Gasteiger charge is -2.25. The summed E-state index contributed by atoms with van der Waals surface area (Å²) in [6.07, 6.45) is 0.436. The van der Waals surface area contributed by atoms with Crippen molar-refractivity contribution in [2.75, 3.05) is 14.2 Å². The number of thiophene rings is 1. The Bertz CT molecular complexity index is 1170. The average molecular weight is 443 g/mol. The topological polar surface area (TPSA) is 68.2 Å². The summed E-state index contributed by atoms with van der Waals surface area (Å²) < 4.78 is 39.3. The number of nitrogens with zero attached hydrogens (tertiary/aromatic N) is 2. The van der Waals surface area contributed by atoms with Crippen molar-refractivity contribution in [2.24, 2.45) is 5.10 Å². The molecule has 0 spiro atoms. The van der Waals surface area contributed by atoms with Crippen LogP contribution in [0.25, 0.3) is 0 Å². The summed E-state index contributed by atoms with van der Waals surface area (Å²) in [5.41, 5.74) is 3.35. The van der Waals surface area contributed by atoms with Crippen molar-refractivity contribution in [3.8, 4) is 11.5 Å². The van der Waals surface area contributed by atoms with Crippen molar-refractivity contribution in [1.82, 2.24) is 4.41 Å². The summed E-state index contributed by atoms with van der Waals surface area (Å²) in [7, 11) is -0.757. The second-order valence-corrected chi connectivity index (χ2v) is 9.53. The lowest BCUT2D eigenvalue weighted by Crippen LogP contribution is -2.27. The third kappa shape index (κ3) is 3.57. The van der Waals surface area contributed by atoms with Crippen molar-refractivity contribution >= 4 is 27.1 Å². The van der Waals surface area contributed by atoms with E-state index in [1.807, 2.05) is 35.9 Å². The minimum absolute atomic E-state index is 0.204. The Hall–Kier alpha value is -2.84. The van der Waals surface area contributed by atoms with Crippen LogP contribution in [0.1, 0.15) is 29.2 Å². The zero-order valence-electron chi connectivity index (χ0n) is 16.9. The maximum Gasteiger partial charge on any atom is 0.279 e. The highest BCUT2D eigenvalue weighted by Gasteiger charge is 2.39. The van der Waals surface area contributed by atoms with Gasteiger partial charge in [0.15, 0.2) is 11.5 Å². The molecule has 1 atom stereocenters. The minimum Gasteiger partial charge on any atom is -0.493 e. The first-order chi connectivity index (χ1) is 14.5. The van der Waals surface area contributed by atoms with E-state index >= 15 is 0 Å². The van der Waals surface area contributed by atoms with Crippen LogP contribution in [0.3, 0.4) is 0 Å². The van der Waals surface area contributed by atoms with E-state index in [-0.39, 0.29) is 4.90 Å². The van der Waals surface area contributed by atoms with Crippen molar-refractivity contribution < 1.29 is 17.9 Å². The smallest absolute Gasteiger partial charge is 0.279 e. The number of para-hydroxylation sites is 1. The molecule has 1 aromatic heterocycles. The minimum atomic E-state index is -3.87. The first-order valence-electron chi connectivity index (χ1n) is 9.37. The van der Waals surface area contributed by atoms with E-state index in [1.165, 1.54) is 4.41 Å². The molecule has 4 rings (SSSR count). The molecule has 0 fully saturated rings. The van der Waals surface area contributed by atoms with Crippen molar-refractivity contribution in [3.63, 3.8) is 0 Å². The summed E-state index contributed by atoms with van der Waals surface area (Å²) in [5.74, 6) is 1.06. The fourth-order valence-corrected chi connectivity index (χ4v) is 5.63. The second kappa shape index (κ2) is 8.12. The Morgan fingerprint density at radius 3 is 2.47 bits per heavy atom. The number of aryl methyl sites for hydroxylation is 1. The summed E-state index contributed by atoms with van der Waals surface area (Å²) in [6, 6.07) is 13.7. The molecule has 30 heavy (non-hydrogen) atoms. The van der Waals surface area contributed by atoms with Gasteiger partial charge in [-0.05, 0) is 41.9 Å². The molecule has 0 N–H and O–H groups in total. The molecule has 0 saturated carbocycles. The Balaban J connectivity index is 1.85. The van der Waals surface area contributed by atoms with Gasteiger partial charge >= 0.3 is 0 Å². The Morgan fingerprint density at radius 2 is 1.83 bits per heavy atom. The van der Waals surface area contributed by atoms with Gasteiger partial charge in [-0.25, -0.2) is 0 Å². The van der Waals surface area contributed by atoms with Gasteiger partial charge in [-0.2, -0.15) is 29.3 Å². The van der Waals surface area contributed by atoms with Gasteiger partial charge in [0.1, 0.15) is 0 Å². The number of rotatable bonds is 6. The number of sulfonamides is 1. The summed E-state index contributed by atoms with van der Waals surface area (Å²) in [6.45, 7) is 1.92. The van der Waals surface area contributed by atoms with Crippen LogP contribution >= 0.6 is 11.3 Å². The molecule has 2 aromatic carbocycles. The van der Waals surface area contributed by atoms with Gasteiger partial charge in [0.05, 0.1) is 30.9 Å².